The normalized spacial score (nSPS) is 23.8. The number of hydrogen-bond acceptors (Lipinski definition) is 3. The number of benzene rings is 1. The van der Waals surface area contributed by atoms with Gasteiger partial charge in [-0.3, -0.25) is 0 Å². The summed E-state index contributed by atoms with van der Waals surface area (Å²) in [4.78, 5) is 1.84. The summed E-state index contributed by atoms with van der Waals surface area (Å²) in [6.45, 7) is 4.63. The van der Waals surface area contributed by atoms with E-state index in [1.807, 2.05) is 29.3 Å². The lowest BCUT2D eigenvalue weighted by Crippen LogP contribution is -2.28. The maximum atomic E-state index is 13.2. The molecular weight excluding hydrogens is 324 g/mol. The Morgan fingerprint density at radius 2 is 2.24 bits per heavy atom. The quantitative estimate of drug-likeness (QED) is 0.472. The molecule has 4 rings (SSSR count). The summed E-state index contributed by atoms with van der Waals surface area (Å²) in [5.41, 5.74) is 3.36. The van der Waals surface area contributed by atoms with Crippen LogP contribution in [-0.2, 0) is 6.42 Å². The van der Waals surface area contributed by atoms with Crippen LogP contribution in [0.4, 0.5) is 8.78 Å². The van der Waals surface area contributed by atoms with E-state index in [-0.39, 0.29) is 12.8 Å². The van der Waals surface area contributed by atoms with E-state index in [0.29, 0.717) is 19.0 Å². The highest BCUT2D eigenvalue weighted by atomic mass is 19.3. The Morgan fingerprint density at radius 1 is 1.40 bits per heavy atom. The summed E-state index contributed by atoms with van der Waals surface area (Å²) < 4.78 is 32.2. The van der Waals surface area contributed by atoms with Crippen LogP contribution in [0.1, 0.15) is 24.0 Å². The van der Waals surface area contributed by atoms with Gasteiger partial charge in [-0.25, -0.2) is 8.78 Å². The highest BCUT2D eigenvalue weighted by molar-refractivity contribution is 5.87. The first kappa shape index (κ1) is 16.0. The van der Waals surface area contributed by atoms with Gasteiger partial charge in [0.25, 0.3) is 5.92 Å². The van der Waals surface area contributed by atoms with E-state index in [1.165, 1.54) is 5.56 Å². The maximum absolute atomic E-state index is 13.2. The minimum atomic E-state index is -2.57. The van der Waals surface area contributed by atoms with Crippen LogP contribution in [0.2, 0.25) is 0 Å². The molecule has 1 atom stereocenters. The van der Waals surface area contributed by atoms with Crippen LogP contribution in [0, 0.1) is 5.92 Å². The lowest BCUT2D eigenvalue weighted by atomic mass is 9.99. The summed E-state index contributed by atoms with van der Waals surface area (Å²) in [6.07, 6.45) is 6.96. The van der Waals surface area contributed by atoms with Crippen molar-refractivity contribution in [2.24, 2.45) is 16.1 Å². The van der Waals surface area contributed by atoms with E-state index in [4.69, 9.17) is 4.74 Å². The second kappa shape index (κ2) is 6.10. The Balaban J connectivity index is 1.50. The van der Waals surface area contributed by atoms with Crippen LogP contribution in [0.5, 0.6) is 5.75 Å². The Bertz CT molecular complexity index is 798. The van der Waals surface area contributed by atoms with Crippen molar-refractivity contribution >= 4 is 18.1 Å². The number of hydrogen-bond donors (Lipinski definition) is 0. The van der Waals surface area contributed by atoms with Gasteiger partial charge in [-0.2, -0.15) is 5.10 Å². The molecule has 6 heteroatoms. The fraction of sp³-hybridized carbons (Fsp3) is 0.368. The largest absolute Gasteiger partial charge is 0.492 e. The Morgan fingerprint density at radius 3 is 2.92 bits per heavy atom. The number of nitrogens with zero attached hydrogens (tertiary/aromatic N) is 3. The standard InChI is InChI=1S/C19H19F2N3O/c1-22-23-17(11-15-12-19(15,20)21)24-8-5-13(6-9-24)16-4-2-3-14-7-10-25-18(14)16/h2-6,8,15H,1,7,9-12H2/b23-17-. The molecule has 2 aliphatic heterocycles. The van der Waals surface area contributed by atoms with Crippen molar-refractivity contribution in [1.82, 2.24) is 4.90 Å². The predicted octanol–water partition coefficient (Wildman–Crippen LogP) is 3.89. The van der Waals surface area contributed by atoms with Gasteiger partial charge in [-0.05, 0) is 17.2 Å². The lowest BCUT2D eigenvalue weighted by Gasteiger charge is -2.24. The van der Waals surface area contributed by atoms with E-state index >= 15 is 0 Å². The lowest BCUT2D eigenvalue weighted by molar-refractivity contribution is 0.0998. The van der Waals surface area contributed by atoms with Crippen molar-refractivity contribution in [2.45, 2.75) is 25.2 Å². The van der Waals surface area contributed by atoms with Gasteiger partial charge < -0.3 is 9.64 Å². The molecule has 0 N–H and O–H groups in total. The fourth-order valence-electron chi connectivity index (χ4n) is 3.34. The Labute approximate surface area is 145 Å². The molecule has 25 heavy (non-hydrogen) atoms. The van der Waals surface area contributed by atoms with Crippen molar-refractivity contribution in [2.75, 3.05) is 13.2 Å². The molecule has 0 amide bonds. The van der Waals surface area contributed by atoms with Crippen molar-refractivity contribution in [3.8, 4) is 5.75 Å². The second-order valence-corrected chi connectivity index (χ2v) is 6.54. The van der Waals surface area contributed by atoms with Gasteiger partial charge in [0.1, 0.15) is 11.6 Å². The zero-order chi connectivity index (χ0) is 17.4. The molecule has 1 fully saturated rings. The zero-order valence-electron chi connectivity index (χ0n) is 13.8. The third kappa shape index (κ3) is 3.08. The van der Waals surface area contributed by atoms with E-state index < -0.39 is 11.8 Å². The first-order chi connectivity index (χ1) is 12.1. The molecule has 1 saturated carbocycles. The topological polar surface area (TPSA) is 37.2 Å². The third-order valence-corrected chi connectivity index (χ3v) is 4.87. The molecule has 0 saturated heterocycles. The molecule has 0 spiro atoms. The number of fused-ring (bicyclic) bond motifs is 1. The SMILES string of the molecule is C=N/N=C(/CC1CC1(F)F)N1C=CC(c2cccc3c2OCC3)=CC1. The van der Waals surface area contributed by atoms with Gasteiger partial charge in [0.15, 0.2) is 0 Å². The van der Waals surface area contributed by atoms with Gasteiger partial charge in [-0.1, -0.05) is 24.3 Å². The van der Waals surface area contributed by atoms with Gasteiger partial charge in [-0.15, -0.1) is 5.10 Å². The maximum Gasteiger partial charge on any atom is 0.252 e. The molecule has 1 aliphatic carbocycles. The third-order valence-electron chi connectivity index (χ3n) is 4.87. The van der Waals surface area contributed by atoms with Gasteiger partial charge in [0, 0.05) is 50.2 Å². The molecule has 1 unspecified atom stereocenters. The first-order valence-electron chi connectivity index (χ1n) is 8.39. The molecular formula is C19H19F2N3O. The van der Waals surface area contributed by atoms with Crippen LogP contribution in [0.3, 0.4) is 0 Å². The smallest absolute Gasteiger partial charge is 0.252 e. The molecule has 1 aromatic rings. The Hall–Kier alpha value is -2.50. The van der Waals surface area contributed by atoms with Crippen molar-refractivity contribution < 1.29 is 13.5 Å². The molecule has 0 bridgehead atoms. The molecule has 0 aromatic heterocycles. The molecule has 130 valence electrons. The highest BCUT2D eigenvalue weighted by Crippen LogP contribution is 2.51. The number of para-hydroxylation sites is 1. The molecule has 0 radical (unpaired) electrons. The Kier molecular flexibility index (Phi) is 3.90. The summed E-state index contributed by atoms with van der Waals surface area (Å²) in [5, 5.41) is 7.51. The van der Waals surface area contributed by atoms with Crippen LogP contribution in [-0.4, -0.2) is 36.5 Å². The van der Waals surface area contributed by atoms with Gasteiger partial charge >= 0.3 is 0 Å². The van der Waals surface area contributed by atoms with E-state index in [9.17, 15) is 8.78 Å². The van der Waals surface area contributed by atoms with Crippen LogP contribution in [0.25, 0.3) is 5.57 Å². The molecule has 2 heterocycles. The summed E-state index contributed by atoms with van der Waals surface area (Å²) in [6, 6.07) is 6.16. The average molecular weight is 343 g/mol. The number of halogens is 2. The van der Waals surface area contributed by atoms with Crippen LogP contribution in [0.15, 0.2) is 46.8 Å². The summed E-state index contributed by atoms with van der Waals surface area (Å²) in [5.74, 6) is -1.73. The van der Waals surface area contributed by atoms with Gasteiger partial charge in [0.05, 0.1) is 6.61 Å². The number of ether oxygens (including phenoxy) is 1. The first-order valence-corrected chi connectivity index (χ1v) is 8.39. The molecule has 3 aliphatic rings. The van der Waals surface area contributed by atoms with Crippen LogP contribution < -0.4 is 4.74 Å². The van der Waals surface area contributed by atoms with Crippen molar-refractivity contribution in [3.05, 3.63) is 47.7 Å². The predicted molar refractivity (Wildman–Crippen MR) is 94.1 cm³/mol. The van der Waals surface area contributed by atoms with Crippen LogP contribution >= 0.6 is 0 Å². The summed E-state index contributed by atoms with van der Waals surface area (Å²) >= 11 is 0. The number of allylic oxidation sites excluding steroid dienone is 2. The van der Waals surface area contributed by atoms with Crippen molar-refractivity contribution in [1.29, 1.82) is 0 Å². The second-order valence-electron chi connectivity index (χ2n) is 6.54. The van der Waals surface area contributed by atoms with Gasteiger partial charge in [0.2, 0.25) is 0 Å². The fourth-order valence-corrected chi connectivity index (χ4v) is 3.34. The number of rotatable bonds is 4. The molecule has 4 nitrogen and oxygen atoms in total. The van der Waals surface area contributed by atoms with E-state index in [1.54, 1.807) is 0 Å². The molecule has 1 aromatic carbocycles. The van der Waals surface area contributed by atoms with Crippen molar-refractivity contribution in [3.63, 3.8) is 0 Å². The number of alkyl halides is 2. The summed E-state index contributed by atoms with van der Waals surface area (Å²) in [7, 11) is 0. The average Bonchev–Trinajstić information content (AvgIpc) is 2.99. The number of amidine groups is 1. The highest BCUT2D eigenvalue weighted by Gasteiger charge is 2.57. The monoisotopic (exact) mass is 343 g/mol. The van der Waals surface area contributed by atoms with E-state index in [2.05, 4.69) is 29.1 Å². The van der Waals surface area contributed by atoms with E-state index in [0.717, 1.165) is 23.3 Å². The minimum Gasteiger partial charge on any atom is -0.492 e. The minimum absolute atomic E-state index is 0.0741. The zero-order valence-corrected chi connectivity index (χ0v) is 13.8.